The number of hydrogen-bond acceptors (Lipinski definition) is 5. The fourth-order valence-corrected chi connectivity index (χ4v) is 1.63. The summed E-state index contributed by atoms with van der Waals surface area (Å²) in [4.78, 5) is 21.0. The molecule has 0 bridgehead atoms. The molecule has 0 aliphatic carbocycles. The van der Waals surface area contributed by atoms with E-state index in [2.05, 4.69) is 5.32 Å². The molecule has 96 valence electrons. The van der Waals surface area contributed by atoms with E-state index in [1.54, 1.807) is 0 Å². The molecule has 7 nitrogen and oxygen atoms in total. The molecule has 1 atom stereocenters. The molecule has 0 spiro atoms. The highest BCUT2D eigenvalue weighted by Crippen LogP contribution is 2.26. The van der Waals surface area contributed by atoms with Gasteiger partial charge in [-0.3, -0.25) is 10.1 Å². The molecule has 0 amide bonds. The summed E-state index contributed by atoms with van der Waals surface area (Å²) >= 11 is 0. The number of carboxylic acid groups (broad SMARTS) is 1. The summed E-state index contributed by atoms with van der Waals surface area (Å²) in [6.07, 6.45) is 0.998. The molecule has 1 heterocycles. The fraction of sp³-hybridized carbons (Fsp3) is 0.364. The minimum atomic E-state index is -1.19. The van der Waals surface area contributed by atoms with Gasteiger partial charge in [0, 0.05) is 19.2 Å². The SMILES string of the molecule is O=C(O)c1ccc(NCC2CCO2)c([N+](=O)[O-])c1. The average Bonchev–Trinajstić information content (AvgIpc) is 2.26. The molecule has 0 saturated carbocycles. The maximum atomic E-state index is 10.9. The van der Waals surface area contributed by atoms with Gasteiger partial charge in [0.2, 0.25) is 0 Å². The summed E-state index contributed by atoms with van der Waals surface area (Å²) in [6, 6.07) is 3.78. The Balaban J connectivity index is 2.16. The lowest BCUT2D eigenvalue weighted by atomic mass is 10.1. The Morgan fingerprint density at radius 2 is 2.33 bits per heavy atom. The van der Waals surface area contributed by atoms with Gasteiger partial charge in [0.25, 0.3) is 5.69 Å². The first-order valence-electron chi connectivity index (χ1n) is 5.45. The number of anilines is 1. The minimum Gasteiger partial charge on any atom is -0.478 e. The molecule has 7 heteroatoms. The maximum Gasteiger partial charge on any atom is 0.335 e. The highest BCUT2D eigenvalue weighted by atomic mass is 16.6. The highest BCUT2D eigenvalue weighted by Gasteiger charge is 2.21. The van der Waals surface area contributed by atoms with E-state index in [0.29, 0.717) is 18.8 Å². The summed E-state index contributed by atoms with van der Waals surface area (Å²) in [5.41, 5.74) is -0.0399. The number of nitro benzene ring substituents is 1. The van der Waals surface area contributed by atoms with Crippen LogP contribution >= 0.6 is 0 Å². The van der Waals surface area contributed by atoms with Crippen molar-refractivity contribution in [1.29, 1.82) is 0 Å². The number of nitrogens with one attached hydrogen (secondary N) is 1. The van der Waals surface area contributed by atoms with Crippen LogP contribution in [0.25, 0.3) is 0 Å². The van der Waals surface area contributed by atoms with Crippen molar-refractivity contribution in [1.82, 2.24) is 0 Å². The Kier molecular flexibility index (Phi) is 3.42. The van der Waals surface area contributed by atoms with Crippen molar-refractivity contribution in [3.63, 3.8) is 0 Å². The Labute approximate surface area is 103 Å². The summed E-state index contributed by atoms with van der Waals surface area (Å²) < 4.78 is 5.19. The summed E-state index contributed by atoms with van der Waals surface area (Å²) in [6.45, 7) is 1.19. The third-order valence-corrected chi connectivity index (χ3v) is 2.75. The van der Waals surface area contributed by atoms with Gasteiger partial charge in [-0.25, -0.2) is 4.79 Å². The lowest BCUT2D eigenvalue weighted by Gasteiger charge is -2.26. The average molecular weight is 252 g/mol. The number of hydrogen-bond donors (Lipinski definition) is 2. The third kappa shape index (κ3) is 2.57. The standard InChI is InChI=1S/C11H12N2O5/c14-11(15)7-1-2-9(10(5-7)13(16)17)12-6-8-3-4-18-8/h1-2,5,8,12H,3-4,6H2,(H,14,15). The lowest BCUT2D eigenvalue weighted by Crippen LogP contribution is -2.33. The van der Waals surface area contributed by atoms with Crippen LogP contribution in [0.15, 0.2) is 18.2 Å². The molecule has 1 saturated heterocycles. The predicted octanol–water partition coefficient (Wildman–Crippen LogP) is 1.49. The van der Waals surface area contributed by atoms with Crippen LogP contribution in [-0.2, 0) is 4.74 Å². The maximum absolute atomic E-state index is 10.9. The monoisotopic (exact) mass is 252 g/mol. The number of aromatic carboxylic acids is 1. The Bertz CT molecular complexity index is 484. The molecular weight excluding hydrogens is 240 g/mol. The Morgan fingerprint density at radius 3 is 2.83 bits per heavy atom. The van der Waals surface area contributed by atoms with E-state index < -0.39 is 10.9 Å². The van der Waals surface area contributed by atoms with Crippen molar-refractivity contribution in [2.45, 2.75) is 12.5 Å². The van der Waals surface area contributed by atoms with Crippen LogP contribution in [-0.4, -0.2) is 35.3 Å². The van der Waals surface area contributed by atoms with Gasteiger partial charge in [0.15, 0.2) is 0 Å². The summed E-state index contributed by atoms with van der Waals surface area (Å²) in [5, 5.41) is 22.6. The molecule has 0 radical (unpaired) electrons. The first kappa shape index (κ1) is 12.3. The van der Waals surface area contributed by atoms with Gasteiger partial charge in [-0.15, -0.1) is 0 Å². The predicted molar refractivity (Wildman–Crippen MR) is 62.9 cm³/mol. The van der Waals surface area contributed by atoms with Gasteiger partial charge in [0.05, 0.1) is 16.6 Å². The second-order valence-electron chi connectivity index (χ2n) is 3.96. The Hall–Kier alpha value is -2.15. The van der Waals surface area contributed by atoms with Crippen LogP contribution in [0, 0.1) is 10.1 Å². The number of benzene rings is 1. The van der Waals surface area contributed by atoms with Crippen LogP contribution in [0.1, 0.15) is 16.8 Å². The van der Waals surface area contributed by atoms with Crippen LogP contribution < -0.4 is 5.32 Å². The number of carbonyl (C=O) groups is 1. The molecular formula is C11H12N2O5. The lowest BCUT2D eigenvalue weighted by molar-refractivity contribution is -0.384. The Morgan fingerprint density at radius 1 is 1.61 bits per heavy atom. The van der Waals surface area contributed by atoms with Crippen molar-refractivity contribution in [2.24, 2.45) is 0 Å². The van der Waals surface area contributed by atoms with Crippen molar-refractivity contribution in [2.75, 3.05) is 18.5 Å². The van der Waals surface area contributed by atoms with Gasteiger partial charge >= 0.3 is 5.97 Å². The van der Waals surface area contributed by atoms with Gasteiger partial charge in [-0.1, -0.05) is 0 Å². The molecule has 1 fully saturated rings. The second kappa shape index (κ2) is 5.01. The van der Waals surface area contributed by atoms with Gasteiger partial charge in [-0.2, -0.15) is 0 Å². The van der Waals surface area contributed by atoms with E-state index in [1.165, 1.54) is 12.1 Å². The van der Waals surface area contributed by atoms with E-state index in [0.717, 1.165) is 12.5 Å². The van der Waals surface area contributed by atoms with Gasteiger partial charge in [0.1, 0.15) is 5.69 Å². The minimum absolute atomic E-state index is 0.0729. The molecule has 2 N–H and O–H groups in total. The molecule has 0 aromatic heterocycles. The molecule has 1 aromatic rings. The zero-order chi connectivity index (χ0) is 13.1. The van der Waals surface area contributed by atoms with Crippen LogP contribution in [0.2, 0.25) is 0 Å². The van der Waals surface area contributed by atoms with E-state index in [-0.39, 0.29) is 17.4 Å². The van der Waals surface area contributed by atoms with E-state index >= 15 is 0 Å². The largest absolute Gasteiger partial charge is 0.478 e. The summed E-state index contributed by atoms with van der Waals surface area (Å²) in [7, 11) is 0. The number of nitro groups is 1. The number of ether oxygens (including phenoxy) is 1. The number of carboxylic acids is 1. The molecule has 1 aliphatic rings. The zero-order valence-electron chi connectivity index (χ0n) is 9.46. The fourth-order valence-electron chi connectivity index (χ4n) is 1.63. The van der Waals surface area contributed by atoms with E-state index in [9.17, 15) is 14.9 Å². The van der Waals surface area contributed by atoms with Crippen LogP contribution in [0.4, 0.5) is 11.4 Å². The van der Waals surface area contributed by atoms with E-state index in [4.69, 9.17) is 9.84 Å². The number of rotatable bonds is 5. The van der Waals surface area contributed by atoms with Crippen molar-refractivity contribution < 1.29 is 19.6 Å². The van der Waals surface area contributed by atoms with Crippen molar-refractivity contribution in [3.8, 4) is 0 Å². The number of nitrogens with zero attached hydrogens (tertiary/aromatic N) is 1. The van der Waals surface area contributed by atoms with Crippen molar-refractivity contribution in [3.05, 3.63) is 33.9 Å². The molecule has 1 aliphatic heterocycles. The molecule has 1 unspecified atom stereocenters. The second-order valence-corrected chi connectivity index (χ2v) is 3.96. The molecule has 18 heavy (non-hydrogen) atoms. The van der Waals surface area contributed by atoms with Crippen LogP contribution in [0.5, 0.6) is 0 Å². The first-order valence-corrected chi connectivity index (χ1v) is 5.45. The van der Waals surface area contributed by atoms with Gasteiger partial charge in [-0.05, 0) is 18.6 Å². The molecule has 2 rings (SSSR count). The first-order chi connectivity index (χ1) is 8.58. The van der Waals surface area contributed by atoms with Crippen molar-refractivity contribution >= 4 is 17.3 Å². The smallest absolute Gasteiger partial charge is 0.335 e. The zero-order valence-corrected chi connectivity index (χ0v) is 9.46. The van der Waals surface area contributed by atoms with Gasteiger partial charge < -0.3 is 15.2 Å². The summed E-state index contributed by atoms with van der Waals surface area (Å²) in [5.74, 6) is -1.19. The normalized spacial score (nSPS) is 17.9. The highest BCUT2D eigenvalue weighted by molar-refractivity contribution is 5.89. The quantitative estimate of drug-likeness (QED) is 0.608. The third-order valence-electron chi connectivity index (χ3n) is 2.75. The molecule has 1 aromatic carbocycles. The van der Waals surface area contributed by atoms with Crippen LogP contribution in [0.3, 0.4) is 0 Å². The van der Waals surface area contributed by atoms with E-state index in [1.807, 2.05) is 0 Å². The topological polar surface area (TPSA) is 102 Å².